The molecule has 22 heavy (non-hydrogen) atoms. The Morgan fingerprint density at radius 3 is 2.68 bits per heavy atom. The highest BCUT2D eigenvalue weighted by Crippen LogP contribution is 2.31. The number of piperidine rings is 1. The highest BCUT2D eigenvalue weighted by atomic mass is 16.6. The van der Waals surface area contributed by atoms with Crippen LogP contribution in [-0.2, 0) is 4.74 Å². The van der Waals surface area contributed by atoms with Gasteiger partial charge in [0.25, 0.3) is 0 Å². The lowest BCUT2D eigenvalue weighted by atomic mass is 9.87. The van der Waals surface area contributed by atoms with Crippen LogP contribution < -0.4 is 4.74 Å². The zero-order valence-electron chi connectivity index (χ0n) is 13.7. The maximum atomic E-state index is 12.1. The van der Waals surface area contributed by atoms with Crippen LogP contribution >= 0.6 is 0 Å². The first-order valence-corrected chi connectivity index (χ1v) is 7.60. The highest BCUT2D eigenvalue weighted by Gasteiger charge is 2.33. The zero-order chi connectivity index (χ0) is 16.3. The number of hydrogen-bond donors (Lipinski definition) is 1. The van der Waals surface area contributed by atoms with Crippen LogP contribution in [0.4, 0.5) is 4.79 Å². The van der Waals surface area contributed by atoms with Gasteiger partial charge in [0.05, 0.1) is 19.8 Å². The topological polar surface area (TPSA) is 59.0 Å². The van der Waals surface area contributed by atoms with Crippen molar-refractivity contribution in [1.29, 1.82) is 0 Å². The van der Waals surface area contributed by atoms with Crippen molar-refractivity contribution in [2.45, 2.75) is 44.8 Å². The van der Waals surface area contributed by atoms with Crippen molar-refractivity contribution in [1.82, 2.24) is 4.90 Å². The molecule has 1 fully saturated rings. The van der Waals surface area contributed by atoms with Crippen molar-refractivity contribution >= 4 is 6.09 Å². The van der Waals surface area contributed by atoms with Crippen LogP contribution in [0.2, 0.25) is 0 Å². The van der Waals surface area contributed by atoms with Gasteiger partial charge in [-0.3, -0.25) is 0 Å². The fraction of sp³-hybridized carbons (Fsp3) is 0.588. The molecule has 1 N–H and O–H groups in total. The number of likely N-dealkylation sites (tertiary alicyclic amines) is 1. The SMILES string of the molecule is COc1cccc([C@@H]2CCN(C(=O)OC(C)(C)C)C[C@H]2O)c1. The van der Waals surface area contributed by atoms with E-state index in [9.17, 15) is 9.90 Å². The molecule has 1 saturated heterocycles. The van der Waals surface area contributed by atoms with Gasteiger partial charge in [0, 0.05) is 12.5 Å². The Bertz CT molecular complexity index is 524. The number of amides is 1. The molecule has 1 amide bonds. The zero-order valence-corrected chi connectivity index (χ0v) is 13.7. The van der Waals surface area contributed by atoms with Gasteiger partial charge in [-0.2, -0.15) is 0 Å². The van der Waals surface area contributed by atoms with Gasteiger partial charge in [0.15, 0.2) is 0 Å². The van der Waals surface area contributed by atoms with Gasteiger partial charge >= 0.3 is 6.09 Å². The van der Waals surface area contributed by atoms with Gasteiger partial charge in [0.2, 0.25) is 0 Å². The molecule has 2 rings (SSSR count). The fourth-order valence-electron chi connectivity index (χ4n) is 2.68. The predicted octanol–water partition coefficient (Wildman–Crippen LogP) is 2.78. The number of β-amino-alcohol motifs (C(OH)–C–C–N with tert-alkyl or cyclic N) is 1. The Kier molecular flexibility index (Phi) is 4.96. The number of aliphatic hydroxyl groups is 1. The second kappa shape index (κ2) is 6.57. The van der Waals surface area contributed by atoms with E-state index in [2.05, 4.69) is 0 Å². The lowest BCUT2D eigenvalue weighted by Gasteiger charge is -2.37. The number of carbonyl (C=O) groups excluding carboxylic acids is 1. The third-order valence-electron chi connectivity index (χ3n) is 3.76. The van der Waals surface area contributed by atoms with E-state index in [1.165, 1.54) is 0 Å². The summed E-state index contributed by atoms with van der Waals surface area (Å²) in [5, 5.41) is 10.4. The van der Waals surface area contributed by atoms with E-state index in [4.69, 9.17) is 9.47 Å². The van der Waals surface area contributed by atoms with Crippen LogP contribution in [0, 0.1) is 0 Å². The maximum Gasteiger partial charge on any atom is 0.410 e. The number of hydrogen-bond acceptors (Lipinski definition) is 4. The number of nitrogens with zero attached hydrogens (tertiary/aromatic N) is 1. The fourth-order valence-corrected chi connectivity index (χ4v) is 2.68. The molecule has 0 unspecified atom stereocenters. The van der Waals surface area contributed by atoms with Crippen molar-refractivity contribution in [3.63, 3.8) is 0 Å². The number of carbonyl (C=O) groups is 1. The van der Waals surface area contributed by atoms with E-state index >= 15 is 0 Å². The summed E-state index contributed by atoms with van der Waals surface area (Å²) in [6, 6.07) is 7.73. The van der Waals surface area contributed by atoms with Gasteiger partial charge < -0.3 is 19.5 Å². The molecule has 0 aromatic heterocycles. The standard InChI is InChI=1S/C17H25NO4/c1-17(2,3)22-16(20)18-9-8-14(15(19)11-18)12-6-5-7-13(10-12)21-4/h5-7,10,14-15,19H,8-9,11H2,1-4H3/t14-,15+/m0/s1. The van der Waals surface area contributed by atoms with E-state index in [0.29, 0.717) is 13.0 Å². The van der Waals surface area contributed by atoms with Crippen LogP contribution in [-0.4, -0.2) is 48.0 Å². The molecule has 1 aliphatic heterocycles. The van der Waals surface area contributed by atoms with Crippen LogP contribution in [0.15, 0.2) is 24.3 Å². The molecule has 5 nitrogen and oxygen atoms in total. The summed E-state index contributed by atoms with van der Waals surface area (Å²) in [6.07, 6.45) is -0.267. The van der Waals surface area contributed by atoms with E-state index in [0.717, 1.165) is 11.3 Å². The number of ether oxygens (including phenoxy) is 2. The largest absolute Gasteiger partial charge is 0.497 e. The first-order chi connectivity index (χ1) is 10.3. The molecule has 0 spiro atoms. The smallest absolute Gasteiger partial charge is 0.410 e. The van der Waals surface area contributed by atoms with Crippen LogP contribution in [0.1, 0.15) is 38.7 Å². The second-order valence-corrected chi connectivity index (χ2v) is 6.67. The molecule has 122 valence electrons. The minimum absolute atomic E-state index is 0.00814. The molecule has 1 aromatic rings. The van der Waals surface area contributed by atoms with Crippen molar-refractivity contribution in [3.05, 3.63) is 29.8 Å². The van der Waals surface area contributed by atoms with Gasteiger partial charge in [-0.05, 0) is 44.9 Å². The molecule has 5 heteroatoms. The van der Waals surface area contributed by atoms with Crippen LogP contribution in [0.3, 0.4) is 0 Å². The first kappa shape index (κ1) is 16.6. The van der Waals surface area contributed by atoms with Gasteiger partial charge in [-0.15, -0.1) is 0 Å². The number of rotatable bonds is 2. The molecule has 1 heterocycles. The Balaban J connectivity index is 2.02. The summed E-state index contributed by atoms with van der Waals surface area (Å²) in [5.74, 6) is 0.785. The second-order valence-electron chi connectivity index (χ2n) is 6.67. The maximum absolute atomic E-state index is 12.1. The highest BCUT2D eigenvalue weighted by molar-refractivity contribution is 5.68. The third-order valence-corrected chi connectivity index (χ3v) is 3.76. The summed E-state index contributed by atoms with van der Waals surface area (Å²) < 4.78 is 10.6. The number of aliphatic hydroxyl groups excluding tert-OH is 1. The monoisotopic (exact) mass is 307 g/mol. The van der Waals surface area contributed by atoms with E-state index in [1.54, 1.807) is 12.0 Å². The average Bonchev–Trinajstić information content (AvgIpc) is 2.45. The molecule has 2 atom stereocenters. The summed E-state index contributed by atoms with van der Waals surface area (Å²) in [4.78, 5) is 13.7. The van der Waals surface area contributed by atoms with Gasteiger partial charge in [-0.25, -0.2) is 4.79 Å². The molecule has 0 radical (unpaired) electrons. The Morgan fingerprint density at radius 2 is 2.09 bits per heavy atom. The van der Waals surface area contributed by atoms with Gasteiger partial charge in [0.1, 0.15) is 11.4 Å². The molecule has 0 bridgehead atoms. The lowest BCUT2D eigenvalue weighted by Crippen LogP contribution is -2.47. The summed E-state index contributed by atoms with van der Waals surface area (Å²) in [7, 11) is 1.63. The molecule has 1 aliphatic rings. The van der Waals surface area contributed by atoms with Crippen LogP contribution in [0.5, 0.6) is 5.75 Å². The van der Waals surface area contributed by atoms with Crippen molar-refractivity contribution in [3.8, 4) is 5.75 Å². The predicted molar refractivity (Wildman–Crippen MR) is 84.2 cm³/mol. The molecular formula is C17H25NO4. The third kappa shape index (κ3) is 4.13. The molecular weight excluding hydrogens is 282 g/mol. The first-order valence-electron chi connectivity index (χ1n) is 7.60. The minimum Gasteiger partial charge on any atom is -0.497 e. The van der Waals surface area contributed by atoms with Gasteiger partial charge in [-0.1, -0.05) is 12.1 Å². The average molecular weight is 307 g/mol. The molecule has 0 aliphatic carbocycles. The Hall–Kier alpha value is -1.75. The minimum atomic E-state index is -0.603. The van der Waals surface area contributed by atoms with E-state index in [1.807, 2.05) is 45.0 Å². The molecule has 1 aromatic carbocycles. The number of methoxy groups -OCH3 is 1. The summed E-state index contributed by atoms with van der Waals surface area (Å²) in [6.45, 7) is 6.38. The lowest BCUT2D eigenvalue weighted by molar-refractivity contribution is -0.00153. The Labute approximate surface area is 131 Å². The van der Waals surface area contributed by atoms with Crippen molar-refractivity contribution in [2.75, 3.05) is 20.2 Å². The summed E-state index contributed by atoms with van der Waals surface area (Å²) >= 11 is 0. The van der Waals surface area contributed by atoms with E-state index < -0.39 is 11.7 Å². The Morgan fingerprint density at radius 1 is 1.36 bits per heavy atom. The van der Waals surface area contributed by atoms with Crippen molar-refractivity contribution in [2.24, 2.45) is 0 Å². The van der Waals surface area contributed by atoms with Crippen LogP contribution in [0.25, 0.3) is 0 Å². The summed E-state index contributed by atoms with van der Waals surface area (Å²) in [5.41, 5.74) is 0.516. The van der Waals surface area contributed by atoms with E-state index in [-0.39, 0.29) is 18.6 Å². The quantitative estimate of drug-likeness (QED) is 0.913. The normalized spacial score (nSPS) is 22.3. The molecule has 0 saturated carbocycles. The number of benzene rings is 1. The van der Waals surface area contributed by atoms with Crippen molar-refractivity contribution < 1.29 is 19.4 Å².